The van der Waals surface area contributed by atoms with Gasteiger partial charge in [-0.15, -0.1) is 0 Å². The Labute approximate surface area is 110 Å². The molecule has 0 saturated heterocycles. The van der Waals surface area contributed by atoms with Crippen LogP contribution in [0.15, 0.2) is 12.3 Å². The molecule has 7 nitrogen and oxygen atoms in total. The van der Waals surface area contributed by atoms with Crippen LogP contribution >= 0.6 is 0 Å². The molecular weight excluding hydrogens is 248 g/mol. The Hall–Kier alpha value is -2.18. The van der Waals surface area contributed by atoms with Crippen molar-refractivity contribution < 1.29 is 9.72 Å². The van der Waals surface area contributed by atoms with Crippen molar-refractivity contribution in [3.63, 3.8) is 0 Å². The van der Waals surface area contributed by atoms with Crippen molar-refractivity contribution in [1.82, 2.24) is 10.3 Å². The highest BCUT2D eigenvalue weighted by Gasteiger charge is 2.37. The molecule has 0 aliphatic heterocycles. The number of nitrogens with zero attached hydrogens (tertiary/aromatic N) is 2. The predicted molar refractivity (Wildman–Crippen MR) is 69.6 cm³/mol. The molecule has 7 heteroatoms. The van der Waals surface area contributed by atoms with Crippen LogP contribution in [0, 0.1) is 10.1 Å². The van der Waals surface area contributed by atoms with E-state index in [9.17, 15) is 14.9 Å². The van der Waals surface area contributed by atoms with Crippen molar-refractivity contribution in [2.75, 3.05) is 5.73 Å². The Morgan fingerprint density at radius 2 is 2.32 bits per heavy atom. The molecule has 2 rings (SSSR count). The van der Waals surface area contributed by atoms with E-state index in [-0.39, 0.29) is 22.6 Å². The first-order chi connectivity index (χ1) is 8.97. The molecule has 1 saturated carbocycles. The van der Waals surface area contributed by atoms with E-state index in [4.69, 9.17) is 5.73 Å². The van der Waals surface area contributed by atoms with Crippen LogP contribution in [0.1, 0.15) is 43.0 Å². The molecule has 0 radical (unpaired) electrons. The third-order valence-electron chi connectivity index (χ3n) is 3.71. The van der Waals surface area contributed by atoms with Gasteiger partial charge in [0, 0.05) is 5.54 Å². The Balaban J connectivity index is 2.28. The van der Waals surface area contributed by atoms with Gasteiger partial charge < -0.3 is 11.1 Å². The summed E-state index contributed by atoms with van der Waals surface area (Å²) in [6.45, 7) is 1.99. The zero-order chi connectivity index (χ0) is 14.0. The summed E-state index contributed by atoms with van der Waals surface area (Å²) in [5.41, 5.74) is 4.92. The van der Waals surface area contributed by atoms with Crippen LogP contribution in [0.2, 0.25) is 0 Å². The second-order valence-corrected chi connectivity index (χ2v) is 4.82. The summed E-state index contributed by atoms with van der Waals surface area (Å²) in [5, 5.41) is 13.8. The lowest BCUT2D eigenvalue weighted by Gasteiger charge is -2.41. The van der Waals surface area contributed by atoms with Gasteiger partial charge in [0.25, 0.3) is 11.6 Å². The van der Waals surface area contributed by atoms with Gasteiger partial charge in [-0.3, -0.25) is 14.9 Å². The fourth-order valence-electron chi connectivity index (χ4n) is 2.27. The van der Waals surface area contributed by atoms with Gasteiger partial charge >= 0.3 is 0 Å². The summed E-state index contributed by atoms with van der Waals surface area (Å²) in [6, 6.07) is 1.25. The van der Waals surface area contributed by atoms with Gasteiger partial charge in [0.1, 0.15) is 17.6 Å². The first-order valence-electron chi connectivity index (χ1n) is 6.20. The molecule has 1 aliphatic carbocycles. The van der Waals surface area contributed by atoms with Crippen molar-refractivity contribution in [2.45, 2.75) is 38.1 Å². The SMILES string of the molecule is CCC1(NC(=O)c2cc(N)ncc2[N+](=O)[O-])CCC1. The number of nitro groups is 1. The number of nitrogens with one attached hydrogen (secondary N) is 1. The molecule has 0 unspecified atom stereocenters. The number of carbonyl (C=O) groups is 1. The second kappa shape index (κ2) is 4.83. The number of pyridine rings is 1. The van der Waals surface area contributed by atoms with E-state index >= 15 is 0 Å². The van der Waals surface area contributed by atoms with Gasteiger partial charge in [-0.05, 0) is 31.7 Å². The molecule has 1 aromatic rings. The van der Waals surface area contributed by atoms with Gasteiger partial charge in [-0.1, -0.05) is 6.92 Å². The first-order valence-corrected chi connectivity index (χ1v) is 6.20. The largest absolute Gasteiger partial charge is 0.384 e. The topological polar surface area (TPSA) is 111 Å². The van der Waals surface area contributed by atoms with E-state index in [1.165, 1.54) is 6.07 Å². The number of aromatic nitrogens is 1. The number of hydrogen-bond acceptors (Lipinski definition) is 5. The average Bonchev–Trinajstić information content (AvgIpc) is 2.33. The molecule has 19 heavy (non-hydrogen) atoms. The third kappa shape index (κ3) is 2.49. The van der Waals surface area contributed by atoms with E-state index in [0.29, 0.717) is 0 Å². The summed E-state index contributed by atoms with van der Waals surface area (Å²) in [4.78, 5) is 26.1. The minimum atomic E-state index is -0.624. The molecule has 102 valence electrons. The van der Waals surface area contributed by atoms with E-state index in [1.54, 1.807) is 0 Å². The number of hydrogen-bond donors (Lipinski definition) is 2. The number of carbonyl (C=O) groups excluding carboxylic acids is 1. The van der Waals surface area contributed by atoms with Crippen molar-refractivity contribution in [1.29, 1.82) is 0 Å². The van der Waals surface area contributed by atoms with Gasteiger partial charge in [-0.2, -0.15) is 0 Å². The quantitative estimate of drug-likeness (QED) is 0.634. The predicted octanol–water partition coefficient (Wildman–Crippen LogP) is 1.63. The van der Waals surface area contributed by atoms with Crippen LogP contribution in [0.25, 0.3) is 0 Å². The molecule has 0 spiro atoms. The third-order valence-corrected chi connectivity index (χ3v) is 3.71. The lowest BCUT2D eigenvalue weighted by Crippen LogP contribution is -2.53. The molecule has 1 amide bonds. The Kier molecular flexibility index (Phi) is 3.37. The summed E-state index contributed by atoms with van der Waals surface area (Å²) >= 11 is 0. The number of amides is 1. The first kappa shape index (κ1) is 13.3. The fourth-order valence-corrected chi connectivity index (χ4v) is 2.27. The Morgan fingerprint density at radius 3 is 2.79 bits per heavy atom. The maximum atomic E-state index is 12.2. The number of rotatable bonds is 4. The van der Waals surface area contributed by atoms with Crippen LogP contribution in [0.3, 0.4) is 0 Å². The Morgan fingerprint density at radius 1 is 1.63 bits per heavy atom. The van der Waals surface area contributed by atoms with Gasteiger partial charge in [0.05, 0.1) is 4.92 Å². The smallest absolute Gasteiger partial charge is 0.300 e. The number of nitrogen functional groups attached to an aromatic ring is 1. The van der Waals surface area contributed by atoms with Crippen molar-refractivity contribution in [3.05, 3.63) is 27.9 Å². The van der Waals surface area contributed by atoms with E-state index in [1.807, 2.05) is 6.92 Å². The molecule has 0 bridgehead atoms. The Bertz CT molecular complexity index is 520. The van der Waals surface area contributed by atoms with Crippen LogP contribution in [-0.2, 0) is 0 Å². The molecule has 1 fully saturated rings. The van der Waals surface area contributed by atoms with Crippen molar-refractivity contribution >= 4 is 17.4 Å². The standard InChI is InChI=1S/C12H16N4O3/c1-2-12(4-3-5-12)15-11(17)8-6-10(13)14-7-9(8)16(18)19/h6-7H,2-5H2,1H3,(H2,13,14)(H,15,17). The molecule has 1 heterocycles. The summed E-state index contributed by atoms with van der Waals surface area (Å²) in [7, 11) is 0. The maximum absolute atomic E-state index is 12.2. The monoisotopic (exact) mass is 264 g/mol. The maximum Gasteiger partial charge on any atom is 0.300 e. The zero-order valence-corrected chi connectivity index (χ0v) is 10.7. The molecule has 0 aromatic carbocycles. The summed E-state index contributed by atoms with van der Waals surface area (Å²) in [5.74, 6) is -0.364. The molecule has 3 N–H and O–H groups in total. The number of nitrogens with two attached hydrogens (primary N) is 1. The molecule has 1 aliphatic rings. The highest BCUT2D eigenvalue weighted by Crippen LogP contribution is 2.35. The normalized spacial score (nSPS) is 16.5. The minimum Gasteiger partial charge on any atom is -0.384 e. The summed E-state index contributed by atoms with van der Waals surface area (Å²) < 4.78 is 0. The van der Waals surface area contributed by atoms with Crippen LogP contribution in [0.4, 0.5) is 11.5 Å². The summed E-state index contributed by atoms with van der Waals surface area (Å²) in [6.07, 6.45) is 4.71. The van der Waals surface area contributed by atoms with E-state index in [0.717, 1.165) is 31.9 Å². The van der Waals surface area contributed by atoms with Crippen LogP contribution in [0.5, 0.6) is 0 Å². The van der Waals surface area contributed by atoms with Crippen LogP contribution < -0.4 is 11.1 Å². The van der Waals surface area contributed by atoms with Gasteiger partial charge in [-0.25, -0.2) is 4.98 Å². The fraction of sp³-hybridized carbons (Fsp3) is 0.500. The minimum absolute atomic E-state index is 0.0303. The van der Waals surface area contributed by atoms with E-state index < -0.39 is 10.8 Å². The molecule has 1 aromatic heterocycles. The second-order valence-electron chi connectivity index (χ2n) is 4.82. The number of anilines is 1. The average molecular weight is 264 g/mol. The molecular formula is C12H16N4O3. The molecule has 0 atom stereocenters. The highest BCUT2D eigenvalue weighted by molar-refractivity contribution is 5.99. The van der Waals surface area contributed by atoms with Crippen molar-refractivity contribution in [3.8, 4) is 0 Å². The lowest BCUT2D eigenvalue weighted by molar-refractivity contribution is -0.385. The van der Waals surface area contributed by atoms with Gasteiger partial charge in [0.2, 0.25) is 0 Å². The van der Waals surface area contributed by atoms with E-state index in [2.05, 4.69) is 10.3 Å². The lowest BCUT2D eigenvalue weighted by atomic mass is 9.74. The zero-order valence-electron chi connectivity index (χ0n) is 10.7. The highest BCUT2D eigenvalue weighted by atomic mass is 16.6. The van der Waals surface area contributed by atoms with Crippen molar-refractivity contribution in [2.24, 2.45) is 0 Å². The van der Waals surface area contributed by atoms with Crippen LogP contribution in [-0.4, -0.2) is 21.4 Å². The van der Waals surface area contributed by atoms with Gasteiger partial charge in [0.15, 0.2) is 0 Å².